The Bertz CT molecular complexity index is 259. The molecule has 0 aromatic rings. The Morgan fingerprint density at radius 3 is 2.71 bits per heavy atom. The highest BCUT2D eigenvalue weighted by atomic mass is 32.2. The molecule has 0 aliphatic heterocycles. The van der Waals surface area contributed by atoms with Crippen LogP contribution in [0.1, 0.15) is 26.7 Å². The van der Waals surface area contributed by atoms with Crippen molar-refractivity contribution in [3.05, 3.63) is 0 Å². The maximum absolute atomic E-state index is 11.9. The summed E-state index contributed by atoms with van der Waals surface area (Å²) in [5.41, 5.74) is 5.50. The zero-order valence-corrected chi connectivity index (χ0v) is 11.6. The quantitative estimate of drug-likeness (QED) is 0.266. The average Bonchev–Trinajstić information content (AvgIpc) is 2.32. The summed E-state index contributed by atoms with van der Waals surface area (Å²) < 4.78 is 0. The molecule has 0 fully saturated rings. The van der Waals surface area contributed by atoms with Crippen molar-refractivity contribution in [1.29, 1.82) is 0 Å². The van der Waals surface area contributed by atoms with Crippen LogP contribution in [0.25, 0.3) is 0 Å². The normalized spacial score (nSPS) is 15.4. The van der Waals surface area contributed by atoms with Gasteiger partial charge in [0.1, 0.15) is 0 Å². The Labute approximate surface area is 107 Å². The number of rotatable bonds is 8. The highest BCUT2D eigenvalue weighted by Crippen LogP contribution is 2.08. The Kier molecular flexibility index (Phi) is 8.66. The fourth-order valence-electron chi connectivity index (χ4n) is 1.51. The van der Waals surface area contributed by atoms with E-state index in [2.05, 4.69) is 17.4 Å². The third kappa shape index (κ3) is 6.41. The minimum Gasteiger partial charge on any atom is -0.409 e. The summed E-state index contributed by atoms with van der Waals surface area (Å²) >= 11 is 1.75. The van der Waals surface area contributed by atoms with Gasteiger partial charge < -0.3 is 16.3 Å². The molecule has 2 unspecified atom stereocenters. The van der Waals surface area contributed by atoms with Crippen molar-refractivity contribution in [3.63, 3.8) is 0 Å². The summed E-state index contributed by atoms with van der Waals surface area (Å²) in [6.07, 6.45) is 3.45. The highest BCUT2D eigenvalue weighted by Gasteiger charge is 2.22. The Balaban J connectivity index is 4.24. The summed E-state index contributed by atoms with van der Waals surface area (Å²) in [7, 11) is 0. The van der Waals surface area contributed by atoms with Gasteiger partial charge in [-0.15, -0.1) is 0 Å². The number of hydrogen-bond acceptors (Lipinski definition) is 4. The van der Waals surface area contributed by atoms with E-state index in [0.717, 1.165) is 12.2 Å². The molecule has 4 N–H and O–H groups in total. The maximum Gasteiger partial charge on any atom is 0.230 e. The van der Waals surface area contributed by atoms with E-state index in [1.165, 1.54) is 0 Å². The molecule has 0 radical (unpaired) electrons. The van der Waals surface area contributed by atoms with Crippen LogP contribution in [0, 0.1) is 11.8 Å². The second kappa shape index (κ2) is 9.15. The molecule has 2 atom stereocenters. The van der Waals surface area contributed by atoms with Crippen LogP contribution in [-0.4, -0.2) is 35.5 Å². The van der Waals surface area contributed by atoms with E-state index >= 15 is 0 Å². The van der Waals surface area contributed by atoms with Gasteiger partial charge in [-0.3, -0.25) is 4.79 Å². The van der Waals surface area contributed by atoms with Crippen LogP contribution < -0.4 is 11.1 Å². The first-order chi connectivity index (χ1) is 8.06. The minimum absolute atomic E-state index is 0.0122. The average molecular weight is 261 g/mol. The molecular weight excluding hydrogens is 238 g/mol. The molecule has 0 heterocycles. The van der Waals surface area contributed by atoms with Gasteiger partial charge in [-0.05, 0) is 24.3 Å². The largest absolute Gasteiger partial charge is 0.409 e. The third-order valence-electron chi connectivity index (χ3n) is 2.44. The summed E-state index contributed by atoms with van der Waals surface area (Å²) in [5, 5.41) is 14.4. The number of nitrogens with two attached hydrogens (primary N) is 1. The first-order valence-electron chi connectivity index (χ1n) is 5.80. The molecular formula is C11H23N3O2S. The number of oxime groups is 1. The van der Waals surface area contributed by atoms with Gasteiger partial charge in [0.05, 0.1) is 5.92 Å². The topological polar surface area (TPSA) is 87.7 Å². The summed E-state index contributed by atoms with van der Waals surface area (Å²) in [6, 6.07) is 0. The lowest BCUT2D eigenvalue weighted by atomic mass is 10.0. The molecule has 1 amide bonds. The molecule has 5 nitrogen and oxygen atoms in total. The molecule has 0 spiro atoms. The van der Waals surface area contributed by atoms with Crippen molar-refractivity contribution in [2.75, 3.05) is 18.6 Å². The van der Waals surface area contributed by atoms with Gasteiger partial charge in [0.25, 0.3) is 0 Å². The lowest BCUT2D eigenvalue weighted by Crippen LogP contribution is -2.40. The molecule has 6 heteroatoms. The second-order valence-electron chi connectivity index (χ2n) is 4.17. The van der Waals surface area contributed by atoms with Gasteiger partial charge in [-0.25, -0.2) is 0 Å². The lowest BCUT2D eigenvalue weighted by Gasteiger charge is -2.16. The molecule has 0 aromatic carbocycles. The Hall–Kier alpha value is -0.910. The number of nitrogens with one attached hydrogen (secondary N) is 1. The molecule has 0 saturated heterocycles. The van der Waals surface area contributed by atoms with Crippen LogP contribution in [-0.2, 0) is 4.79 Å². The standard InChI is InChI=1S/C11H23N3O2S/c1-4-5-9(10(12)14-16)11(15)13-6-8(2)7-17-3/h8-9,16H,4-7H2,1-3H3,(H2,12,14)(H,13,15). The Morgan fingerprint density at radius 2 is 2.24 bits per heavy atom. The van der Waals surface area contributed by atoms with Crippen molar-refractivity contribution in [3.8, 4) is 0 Å². The Morgan fingerprint density at radius 1 is 1.59 bits per heavy atom. The zero-order chi connectivity index (χ0) is 13.3. The lowest BCUT2D eigenvalue weighted by molar-refractivity contribution is -0.123. The predicted molar refractivity (Wildman–Crippen MR) is 72.4 cm³/mol. The summed E-state index contributed by atoms with van der Waals surface area (Å²) in [5.74, 6) is 0.731. The maximum atomic E-state index is 11.9. The first-order valence-corrected chi connectivity index (χ1v) is 7.20. The minimum atomic E-state index is -0.522. The molecule has 0 aromatic heterocycles. The molecule has 0 bridgehead atoms. The highest BCUT2D eigenvalue weighted by molar-refractivity contribution is 7.98. The van der Waals surface area contributed by atoms with Gasteiger partial charge in [-0.2, -0.15) is 11.8 Å². The van der Waals surface area contributed by atoms with Crippen LogP contribution in [0.2, 0.25) is 0 Å². The number of thioether (sulfide) groups is 1. The van der Waals surface area contributed by atoms with Crippen molar-refractivity contribution in [1.82, 2.24) is 5.32 Å². The van der Waals surface area contributed by atoms with E-state index in [1.807, 2.05) is 13.2 Å². The SMILES string of the molecule is CCCC(C(=O)NCC(C)CSC)C(N)=NO. The molecule has 0 saturated carbocycles. The molecule has 0 aliphatic carbocycles. The number of amides is 1. The van der Waals surface area contributed by atoms with Gasteiger partial charge in [0.2, 0.25) is 5.91 Å². The number of hydrogen-bond donors (Lipinski definition) is 3. The molecule has 17 heavy (non-hydrogen) atoms. The predicted octanol–water partition coefficient (Wildman–Crippen LogP) is 1.26. The van der Waals surface area contributed by atoms with Crippen LogP contribution in [0.15, 0.2) is 5.16 Å². The van der Waals surface area contributed by atoms with E-state index in [4.69, 9.17) is 10.9 Å². The van der Waals surface area contributed by atoms with Crippen molar-refractivity contribution >= 4 is 23.5 Å². The van der Waals surface area contributed by atoms with Crippen molar-refractivity contribution in [2.45, 2.75) is 26.7 Å². The van der Waals surface area contributed by atoms with E-state index in [1.54, 1.807) is 11.8 Å². The van der Waals surface area contributed by atoms with E-state index in [0.29, 0.717) is 18.9 Å². The third-order valence-corrected chi connectivity index (χ3v) is 3.34. The second-order valence-corrected chi connectivity index (χ2v) is 5.08. The van der Waals surface area contributed by atoms with Gasteiger partial charge >= 0.3 is 0 Å². The number of nitrogens with zero attached hydrogens (tertiary/aromatic N) is 1. The van der Waals surface area contributed by atoms with E-state index in [9.17, 15) is 4.79 Å². The van der Waals surface area contributed by atoms with Crippen LogP contribution in [0.4, 0.5) is 0 Å². The number of carbonyl (C=O) groups excluding carboxylic acids is 1. The van der Waals surface area contributed by atoms with Gasteiger partial charge in [0.15, 0.2) is 5.84 Å². The summed E-state index contributed by atoms with van der Waals surface area (Å²) in [4.78, 5) is 11.9. The fourth-order valence-corrected chi connectivity index (χ4v) is 2.20. The van der Waals surface area contributed by atoms with Crippen molar-refractivity contribution in [2.24, 2.45) is 22.7 Å². The number of carbonyl (C=O) groups is 1. The molecule has 100 valence electrons. The van der Waals surface area contributed by atoms with Crippen LogP contribution in [0.5, 0.6) is 0 Å². The first kappa shape index (κ1) is 16.1. The summed E-state index contributed by atoms with van der Waals surface area (Å²) in [6.45, 7) is 4.66. The monoisotopic (exact) mass is 261 g/mol. The van der Waals surface area contributed by atoms with Gasteiger partial charge in [-0.1, -0.05) is 25.4 Å². The smallest absolute Gasteiger partial charge is 0.230 e. The number of amidine groups is 1. The molecule has 0 aliphatic rings. The zero-order valence-electron chi connectivity index (χ0n) is 10.8. The van der Waals surface area contributed by atoms with Crippen LogP contribution in [0.3, 0.4) is 0 Å². The van der Waals surface area contributed by atoms with Crippen LogP contribution >= 0.6 is 11.8 Å². The molecule has 0 rings (SSSR count). The fraction of sp³-hybridized carbons (Fsp3) is 0.818. The van der Waals surface area contributed by atoms with E-state index in [-0.39, 0.29) is 11.7 Å². The van der Waals surface area contributed by atoms with Gasteiger partial charge in [0, 0.05) is 6.54 Å². The van der Waals surface area contributed by atoms with E-state index < -0.39 is 5.92 Å². The van der Waals surface area contributed by atoms with Crippen molar-refractivity contribution < 1.29 is 10.0 Å².